The van der Waals surface area contributed by atoms with Crippen LogP contribution in [0, 0.1) is 0 Å². The lowest BCUT2D eigenvalue weighted by Crippen LogP contribution is -2.47. The van der Waals surface area contributed by atoms with E-state index in [0.29, 0.717) is 23.5 Å². The molecule has 0 saturated heterocycles. The summed E-state index contributed by atoms with van der Waals surface area (Å²) >= 11 is 0. The van der Waals surface area contributed by atoms with Crippen LogP contribution >= 0.6 is 0 Å². The molecule has 0 fully saturated rings. The van der Waals surface area contributed by atoms with E-state index in [1.165, 1.54) is 7.11 Å². The Morgan fingerprint density at radius 3 is 2.66 bits per heavy atom. The molecule has 1 amide bonds. The predicted octanol–water partition coefficient (Wildman–Crippen LogP) is 1.03. The normalized spacial score (nSPS) is 17.3. The smallest absolute Gasteiger partial charge is 0.331 e. The topological polar surface area (TPSA) is 151 Å². The Morgan fingerprint density at radius 2 is 1.97 bits per heavy atom. The fourth-order valence-corrected chi connectivity index (χ4v) is 5.34. The molecule has 0 radical (unpaired) electrons. The van der Waals surface area contributed by atoms with Gasteiger partial charge in [0, 0.05) is 18.5 Å². The third kappa shape index (κ3) is 4.98. The molecule has 2 aromatic heterocycles. The highest BCUT2D eigenvalue weighted by Gasteiger charge is 2.38. The lowest BCUT2D eigenvalue weighted by Gasteiger charge is -2.36. The van der Waals surface area contributed by atoms with Crippen LogP contribution in [-0.4, -0.2) is 68.0 Å². The number of hydrogen-bond donors (Lipinski definition) is 2. The molecule has 3 heterocycles. The number of amides is 1. The number of hydrogen-bond acceptors (Lipinski definition) is 9. The summed E-state index contributed by atoms with van der Waals surface area (Å²) in [6.45, 7) is 3.88. The third-order valence-corrected chi connectivity index (χ3v) is 6.46. The number of ether oxygens (including phenoxy) is 3. The van der Waals surface area contributed by atoms with Crippen LogP contribution in [0.2, 0.25) is 0 Å². The van der Waals surface area contributed by atoms with Crippen LogP contribution in [-0.2, 0) is 52.5 Å². The standard InChI is InChI=1S/C22H27N5O7S/c1-5-33-9-15-24-19-20-18-13(22(2,12-27(15)20)26-35(4,30)31)7-6-8-14(18)23-21(19)25-16(28)10-34-11-17(29)32-3/h6-8,26H,5,9-12H2,1-4H3,(H,23,25,28). The molecule has 3 aromatic rings. The van der Waals surface area contributed by atoms with Crippen molar-refractivity contribution < 1.29 is 32.2 Å². The summed E-state index contributed by atoms with van der Waals surface area (Å²) in [6, 6.07) is 5.43. The quantitative estimate of drug-likeness (QED) is 0.385. The number of anilines is 1. The van der Waals surface area contributed by atoms with Crippen LogP contribution in [0.3, 0.4) is 0 Å². The Morgan fingerprint density at radius 1 is 1.20 bits per heavy atom. The van der Waals surface area contributed by atoms with Crippen molar-refractivity contribution in [2.45, 2.75) is 32.5 Å². The van der Waals surface area contributed by atoms with Crippen molar-refractivity contribution in [3.63, 3.8) is 0 Å². The van der Waals surface area contributed by atoms with Crippen LogP contribution in [0.25, 0.3) is 21.9 Å². The monoisotopic (exact) mass is 505 g/mol. The molecule has 1 aromatic carbocycles. The highest BCUT2D eigenvalue weighted by atomic mass is 32.2. The summed E-state index contributed by atoms with van der Waals surface area (Å²) in [5.41, 5.74) is 1.53. The molecule has 0 spiro atoms. The minimum absolute atomic E-state index is 0.194. The summed E-state index contributed by atoms with van der Waals surface area (Å²) in [6.07, 6.45) is 1.12. The minimum atomic E-state index is -3.54. The number of benzene rings is 1. The number of nitrogens with zero attached hydrogens (tertiary/aromatic N) is 3. The molecular formula is C22H27N5O7S. The Labute approximate surface area is 202 Å². The van der Waals surface area contributed by atoms with Gasteiger partial charge in [0.1, 0.15) is 31.2 Å². The van der Waals surface area contributed by atoms with Crippen molar-refractivity contribution in [1.82, 2.24) is 19.3 Å². The molecule has 13 heteroatoms. The van der Waals surface area contributed by atoms with E-state index in [9.17, 15) is 18.0 Å². The molecule has 35 heavy (non-hydrogen) atoms. The Balaban J connectivity index is 1.82. The van der Waals surface area contributed by atoms with E-state index in [-0.39, 0.29) is 32.2 Å². The van der Waals surface area contributed by atoms with Gasteiger partial charge in [-0.05, 0) is 25.5 Å². The maximum Gasteiger partial charge on any atom is 0.331 e. The number of nitrogens with one attached hydrogen (secondary N) is 2. The first-order chi connectivity index (χ1) is 16.6. The number of imidazole rings is 1. The highest BCUT2D eigenvalue weighted by molar-refractivity contribution is 7.88. The van der Waals surface area contributed by atoms with Crippen molar-refractivity contribution in [3.8, 4) is 0 Å². The number of aromatic nitrogens is 3. The van der Waals surface area contributed by atoms with Crippen molar-refractivity contribution in [1.29, 1.82) is 0 Å². The number of rotatable bonds is 10. The van der Waals surface area contributed by atoms with Gasteiger partial charge in [-0.25, -0.2) is 27.9 Å². The molecule has 4 rings (SSSR count). The molecule has 1 aliphatic rings. The van der Waals surface area contributed by atoms with Gasteiger partial charge in [-0.1, -0.05) is 12.1 Å². The molecule has 1 aliphatic heterocycles. The van der Waals surface area contributed by atoms with Crippen molar-refractivity contribution in [2.75, 3.05) is 38.5 Å². The van der Waals surface area contributed by atoms with Gasteiger partial charge in [-0.2, -0.15) is 0 Å². The molecule has 0 aliphatic carbocycles. The fourth-order valence-electron chi connectivity index (χ4n) is 4.35. The average molecular weight is 506 g/mol. The van der Waals surface area contributed by atoms with Crippen molar-refractivity contribution >= 4 is 49.7 Å². The van der Waals surface area contributed by atoms with Crippen molar-refractivity contribution in [2.24, 2.45) is 0 Å². The van der Waals surface area contributed by atoms with E-state index in [1.807, 2.05) is 24.5 Å². The Hall–Kier alpha value is -3.13. The van der Waals surface area contributed by atoms with E-state index < -0.39 is 27.4 Å². The summed E-state index contributed by atoms with van der Waals surface area (Å²) in [5, 5.41) is 3.45. The molecule has 1 atom stereocenters. The summed E-state index contributed by atoms with van der Waals surface area (Å²) in [5.74, 6) is -0.305. The summed E-state index contributed by atoms with van der Waals surface area (Å²) < 4.78 is 44.3. The maximum absolute atomic E-state index is 12.5. The number of carbonyl (C=O) groups excluding carboxylic acids is 2. The lowest BCUT2D eigenvalue weighted by molar-refractivity contribution is -0.146. The third-order valence-electron chi connectivity index (χ3n) is 5.64. The van der Waals surface area contributed by atoms with Crippen LogP contribution in [0.1, 0.15) is 25.2 Å². The molecule has 188 valence electrons. The van der Waals surface area contributed by atoms with Gasteiger partial charge in [0.2, 0.25) is 10.0 Å². The van der Waals surface area contributed by atoms with E-state index in [2.05, 4.69) is 19.8 Å². The fraction of sp³-hybridized carbons (Fsp3) is 0.455. The molecule has 2 N–H and O–H groups in total. The molecule has 0 bridgehead atoms. The van der Waals surface area contributed by atoms with Crippen LogP contribution < -0.4 is 10.0 Å². The van der Waals surface area contributed by atoms with Crippen LogP contribution in [0.5, 0.6) is 0 Å². The van der Waals surface area contributed by atoms with Gasteiger partial charge < -0.3 is 24.1 Å². The van der Waals surface area contributed by atoms with Gasteiger partial charge in [0.25, 0.3) is 5.91 Å². The second kappa shape index (κ2) is 9.49. The first kappa shape index (κ1) is 25.0. The number of esters is 1. The van der Waals surface area contributed by atoms with E-state index in [0.717, 1.165) is 22.7 Å². The molecule has 1 unspecified atom stereocenters. The van der Waals surface area contributed by atoms with E-state index in [1.54, 1.807) is 12.1 Å². The predicted molar refractivity (Wildman–Crippen MR) is 127 cm³/mol. The number of pyridine rings is 1. The van der Waals surface area contributed by atoms with E-state index in [4.69, 9.17) is 14.5 Å². The first-order valence-electron chi connectivity index (χ1n) is 10.9. The SMILES string of the molecule is CCOCc1nc2c(NC(=O)COCC(=O)OC)nc3cccc4c3c2n1CC4(C)NS(C)(=O)=O. The zero-order valence-electron chi connectivity index (χ0n) is 19.9. The van der Waals surface area contributed by atoms with Gasteiger partial charge in [-0.15, -0.1) is 0 Å². The second-order valence-electron chi connectivity index (χ2n) is 8.43. The summed E-state index contributed by atoms with van der Waals surface area (Å²) in [7, 11) is -2.32. The number of carbonyl (C=O) groups is 2. The van der Waals surface area contributed by atoms with Crippen molar-refractivity contribution in [3.05, 3.63) is 29.6 Å². The summed E-state index contributed by atoms with van der Waals surface area (Å²) in [4.78, 5) is 33.1. The zero-order valence-corrected chi connectivity index (χ0v) is 20.7. The first-order valence-corrected chi connectivity index (χ1v) is 12.8. The van der Waals surface area contributed by atoms with Gasteiger partial charge in [0.15, 0.2) is 5.82 Å². The van der Waals surface area contributed by atoms with Gasteiger partial charge in [-0.3, -0.25) is 4.79 Å². The second-order valence-corrected chi connectivity index (χ2v) is 10.2. The van der Waals surface area contributed by atoms with E-state index >= 15 is 0 Å². The number of sulfonamides is 1. The highest BCUT2D eigenvalue weighted by Crippen LogP contribution is 2.42. The molecule has 0 saturated carbocycles. The Bertz CT molecular complexity index is 1420. The Kier molecular flexibility index (Phi) is 6.77. The zero-order chi connectivity index (χ0) is 25.4. The van der Waals surface area contributed by atoms with Gasteiger partial charge >= 0.3 is 5.97 Å². The van der Waals surface area contributed by atoms with Crippen LogP contribution in [0.15, 0.2) is 18.2 Å². The number of methoxy groups -OCH3 is 1. The average Bonchev–Trinajstić information content (AvgIpc) is 3.14. The lowest BCUT2D eigenvalue weighted by atomic mass is 9.86. The molecular weight excluding hydrogens is 478 g/mol. The molecule has 12 nitrogen and oxygen atoms in total. The van der Waals surface area contributed by atoms with Crippen LogP contribution in [0.4, 0.5) is 5.82 Å². The maximum atomic E-state index is 12.5. The minimum Gasteiger partial charge on any atom is -0.467 e. The largest absolute Gasteiger partial charge is 0.467 e. The van der Waals surface area contributed by atoms with Gasteiger partial charge in [0.05, 0.1) is 29.9 Å².